The van der Waals surface area contributed by atoms with Crippen LogP contribution in [-0.4, -0.2) is 9.97 Å². The fraction of sp³-hybridized carbons (Fsp3) is 0.0189. The second kappa shape index (κ2) is 12.9. The summed E-state index contributed by atoms with van der Waals surface area (Å²) in [6, 6.07) is 73.4. The number of hydrogen-bond donors (Lipinski definition) is 0. The van der Waals surface area contributed by atoms with Crippen LogP contribution < -0.4 is 0 Å². The fourth-order valence-electron chi connectivity index (χ4n) is 8.89. The molecule has 3 heteroatoms. The predicted octanol–water partition coefficient (Wildman–Crippen LogP) is 13.4. The van der Waals surface area contributed by atoms with Crippen LogP contribution in [0.4, 0.5) is 0 Å². The lowest BCUT2D eigenvalue weighted by molar-refractivity contribution is 0.669. The summed E-state index contributed by atoms with van der Waals surface area (Å²) in [6.45, 7) is 0. The molecule has 0 fully saturated rings. The van der Waals surface area contributed by atoms with Gasteiger partial charge in [0, 0.05) is 27.5 Å². The number of hydrogen-bond acceptors (Lipinski definition) is 3. The molecule has 2 heterocycles. The van der Waals surface area contributed by atoms with Gasteiger partial charge in [0.25, 0.3) is 0 Å². The Labute approximate surface area is 325 Å². The van der Waals surface area contributed by atoms with Crippen molar-refractivity contribution in [3.8, 4) is 56.2 Å². The van der Waals surface area contributed by atoms with E-state index in [-0.39, 0.29) is 0 Å². The molecule has 1 aliphatic carbocycles. The van der Waals surface area contributed by atoms with Crippen LogP contribution in [0.15, 0.2) is 211 Å². The van der Waals surface area contributed by atoms with Gasteiger partial charge in [-0.25, -0.2) is 9.97 Å². The molecule has 0 radical (unpaired) electrons. The van der Waals surface area contributed by atoms with E-state index in [0.29, 0.717) is 5.82 Å². The first-order chi connectivity index (χ1) is 27.8. The Kier molecular flexibility index (Phi) is 7.39. The molecule has 3 nitrogen and oxygen atoms in total. The van der Waals surface area contributed by atoms with E-state index in [2.05, 4.69) is 164 Å². The monoisotopic (exact) mass is 714 g/mol. The van der Waals surface area contributed by atoms with Crippen molar-refractivity contribution >= 4 is 21.9 Å². The molecule has 56 heavy (non-hydrogen) atoms. The SMILES string of the molecule is c1ccc(-c2nc(-c3ccc(-c4ccc5c(c4)C(c4ccccc4)(c4ccccc4)c4ccccc4-5)cc3)cc(-c3cccc4oc5ccccc5c34)n2)cc1. The fourth-order valence-corrected chi connectivity index (χ4v) is 8.89. The zero-order valence-corrected chi connectivity index (χ0v) is 30.4. The third-order valence-electron chi connectivity index (χ3n) is 11.4. The van der Waals surface area contributed by atoms with Gasteiger partial charge in [-0.3, -0.25) is 0 Å². The van der Waals surface area contributed by atoms with E-state index in [1.165, 1.54) is 38.9 Å². The first-order valence-electron chi connectivity index (χ1n) is 19.1. The van der Waals surface area contributed by atoms with Gasteiger partial charge in [-0.1, -0.05) is 182 Å². The Hall–Kier alpha value is -7.36. The highest BCUT2D eigenvalue weighted by atomic mass is 16.3. The van der Waals surface area contributed by atoms with Gasteiger partial charge < -0.3 is 4.42 Å². The van der Waals surface area contributed by atoms with Crippen molar-refractivity contribution in [1.29, 1.82) is 0 Å². The van der Waals surface area contributed by atoms with Gasteiger partial charge in [-0.2, -0.15) is 0 Å². The number of benzene rings is 8. The lowest BCUT2D eigenvalue weighted by Crippen LogP contribution is -2.28. The van der Waals surface area contributed by atoms with Gasteiger partial charge in [-0.05, 0) is 68.8 Å². The summed E-state index contributed by atoms with van der Waals surface area (Å²) in [6.07, 6.45) is 0. The number of rotatable bonds is 6. The number of nitrogens with zero attached hydrogens (tertiary/aromatic N) is 2. The van der Waals surface area contributed by atoms with Crippen LogP contribution in [0.25, 0.3) is 78.1 Å². The van der Waals surface area contributed by atoms with Crippen molar-refractivity contribution in [2.75, 3.05) is 0 Å². The van der Waals surface area contributed by atoms with Gasteiger partial charge in [0.05, 0.1) is 16.8 Å². The maximum absolute atomic E-state index is 6.27. The molecule has 8 aromatic carbocycles. The van der Waals surface area contributed by atoms with E-state index in [0.717, 1.165) is 55.6 Å². The van der Waals surface area contributed by atoms with E-state index in [9.17, 15) is 0 Å². The summed E-state index contributed by atoms with van der Waals surface area (Å²) in [7, 11) is 0. The van der Waals surface area contributed by atoms with E-state index < -0.39 is 5.41 Å². The molecule has 10 aromatic rings. The smallest absolute Gasteiger partial charge is 0.160 e. The summed E-state index contributed by atoms with van der Waals surface area (Å²) in [4.78, 5) is 10.3. The number of furan rings is 1. The molecule has 0 bridgehead atoms. The minimum atomic E-state index is -0.446. The lowest BCUT2D eigenvalue weighted by atomic mass is 9.67. The van der Waals surface area contributed by atoms with E-state index >= 15 is 0 Å². The molecular weight excluding hydrogens is 681 g/mol. The third kappa shape index (κ3) is 4.98. The second-order valence-electron chi connectivity index (χ2n) is 14.5. The zero-order chi connectivity index (χ0) is 37.1. The van der Waals surface area contributed by atoms with Gasteiger partial charge in [0.15, 0.2) is 5.82 Å². The third-order valence-corrected chi connectivity index (χ3v) is 11.4. The Morgan fingerprint density at radius 3 is 1.70 bits per heavy atom. The molecule has 1 aliphatic rings. The largest absolute Gasteiger partial charge is 0.456 e. The molecule has 0 unspecified atom stereocenters. The van der Waals surface area contributed by atoms with E-state index in [4.69, 9.17) is 14.4 Å². The first kappa shape index (κ1) is 32.1. The average Bonchev–Trinajstić information content (AvgIpc) is 3.81. The van der Waals surface area contributed by atoms with Crippen molar-refractivity contribution in [1.82, 2.24) is 9.97 Å². The summed E-state index contributed by atoms with van der Waals surface area (Å²) < 4.78 is 6.27. The first-order valence-corrected chi connectivity index (χ1v) is 19.1. The molecule has 0 spiro atoms. The van der Waals surface area contributed by atoms with Crippen LogP contribution in [0.2, 0.25) is 0 Å². The highest BCUT2D eigenvalue weighted by Crippen LogP contribution is 2.56. The Morgan fingerprint density at radius 2 is 0.929 bits per heavy atom. The average molecular weight is 715 g/mol. The molecule has 0 N–H and O–H groups in total. The molecule has 0 amide bonds. The van der Waals surface area contributed by atoms with Crippen molar-refractivity contribution in [3.05, 3.63) is 229 Å². The van der Waals surface area contributed by atoms with Crippen molar-refractivity contribution < 1.29 is 4.42 Å². The molecule has 0 saturated carbocycles. The van der Waals surface area contributed by atoms with E-state index in [1.807, 2.05) is 42.5 Å². The van der Waals surface area contributed by atoms with Gasteiger partial charge in [-0.15, -0.1) is 0 Å². The molecule has 2 aromatic heterocycles. The number of aromatic nitrogens is 2. The van der Waals surface area contributed by atoms with Crippen molar-refractivity contribution in [2.45, 2.75) is 5.41 Å². The summed E-state index contributed by atoms with van der Waals surface area (Å²) in [5.41, 5.74) is 16.0. The minimum Gasteiger partial charge on any atom is -0.456 e. The zero-order valence-electron chi connectivity index (χ0n) is 30.4. The minimum absolute atomic E-state index is 0.446. The number of para-hydroxylation sites is 1. The van der Waals surface area contributed by atoms with Crippen molar-refractivity contribution in [2.24, 2.45) is 0 Å². The highest BCUT2D eigenvalue weighted by Gasteiger charge is 2.46. The predicted molar refractivity (Wildman–Crippen MR) is 228 cm³/mol. The molecular formula is C53H34N2O. The Bertz CT molecular complexity index is 3020. The second-order valence-corrected chi connectivity index (χ2v) is 14.5. The van der Waals surface area contributed by atoms with Gasteiger partial charge in [0.2, 0.25) is 0 Å². The topological polar surface area (TPSA) is 38.9 Å². The van der Waals surface area contributed by atoms with E-state index in [1.54, 1.807) is 0 Å². The normalized spacial score (nSPS) is 12.8. The maximum atomic E-state index is 6.27. The van der Waals surface area contributed by atoms with Gasteiger partial charge >= 0.3 is 0 Å². The summed E-state index contributed by atoms with van der Waals surface area (Å²) in [5, 5.41) is 2.13. The molecule has 262 valence electrons. The van der Waals surface area contributed by atoms with Crippen LogP contribution in [-0.2, 0) is 5.41 Å². The summed E-state index contributed by atoms with van der Waals surface area (Å²) in [5.74, 6) is 0.684. The quantitative estimate of drug-likeness (QED) is 0.172. The standard InChI is InChI=1S/C53H34N2O/c1-4-15-37(16-5-1)52-54-47(34-48(55-52)43-23-14-26-50-51(43)44-22-11-13-25-49(44)56-50)36-29-27-35(28-30-36)38-31-32-42-41-21-10-12-24-45(41)53(46(42)33-38,39-17-6-2-7-18-39)40-19-8-3-9-20-40/h1-34H. The number of fused-ring (bicyclic) bond motifs is 6. The van der Waals surface area contributed by atoms with Crippen LogP contribution in [0.3, 0.4) is 0 Å². The molecule has 0 saturated heterocycles. The molecule has 0 atom stereocenters. The highest BCUT2D eigenvalue weighted by molar-refractivity contribution is 6.12. The molecule has 0 aliphatic heterocycles. The maximum Gasteiger partial charge on any atom is 0.160 e. The van der Waals surface area contributed by atoms with Gasteiger partial charge in [0.1, 0.15) is 11.2 Å². The Balaban J connectivity index is 1.05. The lowest BCUT2D eigenvalue weighted by Gasteiger charge is -2.34. The van der Waals surface area contributed by atoms with Crippen LogP contribution in [0.1, 0.15) is 22.3 Å². The molecule has 11 rings (SSSR count). The van der Waals surface area contributed by atoms with Crippen LogP contribution in [0.5, 0.6) is 0 Å². The van der Waals surface area contributed by atoms with Crippen LogP contribution >= 0.6 is 0 Å². The van der Waals surface area contributed by atoms with Crippen LogP contribution in [0, 0.1) is 0 Å². The van der Waals surface area contributed by atoms with Crippen molar-refractivity contribution in [3.63, 3.8) is 0 Å². The summed E-state index contributed by atoms with van der Waals surface area (Å²) >= 11 is 0. The Morgan fingerprint density at radius 1 is 0.357 bits per heavy atom.